The predicted octanol–water partition coefficient (Wildman–Crippen LogP) is 3.62. The van der Waals surface area contributed by atoms with Crippen LogP contribution in [0.25, 0.3) is 0 Å². The van der Waals surface area contributed by atoms with E-state index < -0.39 is 11.5 Å². The highest BCUT2D eigenvalue weighted by atomic mass is 79.9. The summed E-state index contributed by atoms with van der Waals surface area (Å²) in [6, 6.07) is 7.67. The third-order valence-corrected chi connectivity index (χ3v) is 3.87. The number of nitrogens with zero attached hydrogens (tertiary/aromatic N) is 1. The standard InChI is InChI=1S/C16H23BrN2O2/c1-4-10-16(21,11-5-2)15(20)19-18-12(3)13-6-8-14(17)9-7-13/h6-9,21H,4-5,10-11H2,1-3H3,(H,19,20). The lowest BCUT2D eigenvalue weighted by Crippen LogP contribution is -2.45. The summed E-state index contributed by atoms with van der Waals surface area (Å²) in [5.41, 5.74) is 2.79. The fraction of sp³-hybridized carbons (Fsp3) is 0.500. The molecule has 0 fully saturated rings. The van der Waals surface area contributed by atoms with Crippen LogP contribution in [-0.4, -0.2) is 22.3 Å². The van der Waals surface area contributed by atoms with Crippen LogP contribution in [-0.2, 0) is 4.79 Å². The molecule has 2 N–H and O–H groups in total. The molecule has 21 heavy (non-hydrogen) atoms. The van der Waals surface area contributed by atoms with E-state index in [9.17, 15) is 9.90 Å². The molecule has 0 atom stereocenters. The fourth-order valence-corrected chi connectivity index (χ4v) is 2.44. The highest BCUT2D eigenvalue weighted by molar-refractivity contribution is 9.10. The molecule has 4 nitrogen and oxygen atoms in total. The van der Waals surface area contributed by atoms with Crippen LogP contribution in [0.15, 0.2) is 33.8 Å². The maximum Gasteiger partial charge on any atom is 0.271 e. The van der Waals surface area contributed by atoms with E-state index in [1.54, 1.807) is 0 Å². The average molecular weight is 355 g/mol. The van der Waals surface area contributed by atoms with Gasteiger partial charge in [-0.25, -0.2) is 5.43 Å². The van der Waals surface area contributed by atoms with Crippen LogP contribution in [0.3, 0.4) is 0 Å². The van der Waals surface area contributed by atoms with Crippen molar-refractivity contribution in [3.63, 3.8) is 0 Å². The Labute approximate surface area is 134 Å². The van der Waals surface area contributed by atoms with Crippen LogP contribution >= 0.6 is 15.9 Å². The Kier molecular flexibility index (Phi) is 7.05. The van der Waals surface area contributed by atoms with Crippen molar-refractivity contribution < 1.29 is 9.90 Å². The molecule has 0 aliphatic carbocycles. The van der Waals surface area contributed by atoms with Gasteiger partial charge in [0.05, 0.1) is 5.71 Å². The number of hydrogen-bond acceptors (Lipinski definition) is 3. The Morgan fingerprint density at radius 3 is 2.24 bits per heavy atom. The predicted molar refractivity (Wildman–Crippen MR) is 89.3 cm³/mol. The van der Waals surface area contributed by atoms with Gasteiger partial charge in [0.2, 0.25) is 0 Å². The lowest BCUT2D eigenvalue weighted by atomic mass is 9.92. The fourth-order valence-electron chi connectivity index (χ4n) is 2.17. The van der Waals surface area contributed by atoms with Crippen molar-refractivity contribution in [2.75, 3.05) is 0 Å². The number of amides is 1. The molecule has 0 bridgehead atoms. The third-order valence-electron chi connectivity index (χ3n) is 3.34. The highest BCUT2D eigenvalue weighted by Crippen LogP contribution is 2.19. The second kappa shape index (κ2) is 8.29. The molecule has 5 heteroatoms. The zero-order chi connectivity index (χ0) is 15.9. The molecule has 1 rings (SSSR count). The molecule has 0 saturated heterocycles. The first kappa shape index (κ1) is 17.9. The van der Waals surface area contributed by atoms with Crippen LogP contribution in [0.5, 0.6) is 0 Å². The summed E-state index contributed by atoms with van der Waals surface area (Å²) in [4.78, 5) is 12.2. The largest absolute Gasteiger partial charge is 0.380 e. The van der Waals surface area contributed by atoms with Gasteiger partial charge in [0.25, 0.3) is 5.91 Å². The molecule has 0 spiro atoms. The van der Waals surface area contributed by atoms with Crippen molar-refractivity contribution in [3.05, 3.63) is 34.3 Å². The summed E-state index contributed by atoms with van der Waals surface area (Å²) in [7, 11) is 0. The van der Waals surface area contributed by atoms with E-state index in [-0.39, 0.29) is 0 Å². The van der Waals surface area contributed by atoms with Crippen molar-refractivity contribution in [2.45, 2.75) is 52.1 Å². The van der Waals surface area contributed by atoms with E-state index in [2.05, 4.69) is 26.5 Å². The van der Waals surface area contributed by atoms with E-state index in [4.69, 9.17) is 0 Å². The lowest BCUT2D eigenvalue weighted by Gasteiger charge is -2.24. The van der Waals surface area contributed by atoms with E-state index in [0.717, 1.165) is 22.9 Å². The smallest absolute Gasteiger partial charge is 0.271 e. The van der Waals surface area contributed by atoms with E-state index >= 15 is 0 Å². The molecule has 0 aliphatic heterocycles. The molecular formula is C16H23BrN2O2. The second-order valence-corrected chi connectivity index (χ2v) is 6.09. The molecule has 0 unspecified atom stereocenters. The Balaban J connectivity index is 2.77. The molecule has 0 aromatic heterocycles. The number of carbonyl (C=O) groups excluding carboxylic acids is 1. The summed E-state index contributed by atoms with van der Waals surface area (Å²) in [6.07, 6.45) is 2.39. The number of aliphatic hydroxyl groups is 1. The first-order chi connectivity index (χ1) is 9.92. The number of hydrogen-bond donors (Lipinski definition) is 2. The van der Waals surface area contributed by atoms with E-state index in [1.807, 2.05) is 45.0 Å². The SMILES string of the molecule is CCCC(O)(CCC)C(=O)NN=C(C)c1ccc(Br)cc1. The molecular weight excluding hydrogens is 332 g/mol. The minimum Gasteiger partial charge on any atom is -0.380 e. The van der Waals surface area contributed by atoms with Crippen molar-refractivity contribution >= 4 is 27.5 Å². The number of rotatable bonds is 7. The topological polar surface area (TPSA) is 61.7 Å². The van der Waals surface area contributed by atoms with Gasteiger partial charge in [-0.2, -0.15) is 5.10 Å². The van der Waals surface area contributed by atoms with Crippen LogP contribution in [0.4, 0.5) is 0 Å². The number of halogens is 1. The van der Waals surface area contributed by atoms with Crippen molar-refractivity contribution in [2.24, 2.45) is 5.10 Å². The Morgan fingerprint density at radius 2 is 1.76 bits per heavy atom. The summed E-state index contributed by atoms with van der Waals surface area (Å²) in [5, 5.41) is 14.5. The van der Waals surface area contributed by atoms with Gasteiger partial charge in [-0.15, -0.1) is 0 Å². The van der Waals surface area contributed by atoms with Gasteiger partial charge < -0.3 is 5.11 Å². The van der Waals surface area contributed by atoms with Crippen LogP contribution in [0.2, 0.25) is 0 Å². The van der Waals surface area contributed by atoms with Gasteiger partial charge in [0.1, 0.15) is 5.60 Å². The monoisotopic (exact) mass is 354 g/mol. The number of benzene rings is 1. The Bertz CT molecular complexity index is 492. The molecule has 116 valence electrons. The van der Waals surface area contributed by atoms with Crippen LogP contribution < -0.4 is 5.43 Å². The highest BCUT2D eigenvalue weighted by Gasteiger charge is 2.33. The zero-order valence-corrected chi connectivity index (χ0v) is 14.4. The average Bonchev–Trinajstić information content (AvgIpc) is 2.45. The molecule has 0 radical (unpaired) electrons. The van der Waals surface area contributed by atoms with Gasteiger partial charge in [-0.3, -0.25) is 4.79 Å². The Morgan fingerprint density at radius 1 is 1.24 bits per heavy atom. The third kappa shape index (κ3) is 5.25. The molecule has 1 aromatic carbocycles. The molecule has 1 amide bonds. The van der Waals surface area contributed by atoms with Gasteiger partial charge in [-0.1, -0.05) is 54.8 Å². The minimum atomic E-state index is -1.33. The van der Waals surface area contributed by atoms with Crippen LogP contribution in [0.1, 0.15) is 52.0 Å². The Hall–Kier alpha value is -1.20. The summed E-state index contributed by atoms with van der Waals surface area (Å²) in [5.74, 6) is -0.428. The maximum absolute atomic E-state index is 12.2. The number of hydrazone groups is 1. The number of carbonyl (C=O) groups is 1. The van der Waals surface area contributed by atoms with Gasteiger partial charge >= 0.3 is 0 Å². The van der Waals surface area contributed by atoms with Gasteiger partial charge in [-0.05, 0) is 37.5 Å². The van der Waals surface area contributed by atoms with Crippen molar-refractivity contribution in [1.29, 1.82) is 0 Å². The van der Waals surface area contributed by atoms with Gasteiger partial charge in [0, 0.05) is 4.47 Å². The number of nitrogens with one attached hydrogen (secondary N) is 1. The zero-order valence-electron chi connectivity index (χ0n) is 12.8. The molecule has 0 aliphatic rings. The summed E-state index contributed by atoms with van der Waals surface area (Å²) < 4.78 is 0.989. The normalized spacial score (nSPS) is 12.3. The van der Waals surface area contributed by atoms with E-state index in [0.29, 0.717) is 18.6 Å². The summed E-state index contributed by atoms with van der Waals surface area (Å²) in [6.45, 7) is 5.72. The maximum atomic E-state index is 12.2. The first-order valence-electron chi connectivity index (χ1n) is 7.26. The lowest BCUT2D eigenvalue weighted by molar-refractivity contribution is -0.141. The van der Waals surface area contributed by atoms with Crippen molar-refractivity contribution in [1.82, 2.24) is 5.43 Å². The molecule has 1 aromatic rings. The molecule has 0 heterocycles. The molecule has 0 saturated carbocycles. The van der Waals surface area contributed by atoms with E-state index in [1.165, 1.54) is 0 Å². The first-order valence-corrected chi connectivity index (χ1v) is 8.05. The van der Waals surface area contributed by atoms with Crippen molar-refractivity contribution in [3.8, 4) is 0 Å². The van der Waals surface area contributed by atoms with Crippen LogP contribution in [0, 0.1) is 0 Å². The minimum absolute atomic E-state index is 0.428. The quantitative estimate of drug-likeness (QED) is 0.580. The second-order valence-electron chi connectivity index (χ2n) is 5.18. The van der Waals surface area contributed by atoms with Gasteiger partial charge in [0.15, 0.2) is 0 Å². The summed E-state index contributed by atoms with van der Waals surface area (Å²) >= 11 is 3.37.